The molecule has 0 aliphatic rings. The quantitative estimate of drug-likeness (QED) is 0.784. The van der Waals surface area contributed by atoms with Crippen LogP contribution in [0.25, 0.3) is 10.9 Å². The number of carboxylic acid groups (broad SMARTS) is 1. The lowest BCUT2D eigenvalue weighted by atomic mass is 10.0. The third-order valence-electron chi connectivity index (χ3n) is 3.98. The molecular formula is C18H19N3O2. The van der Waals surface area contributed by atoms with Crippen molar-refractivity contribution in [3.63, 3.8) is 0 Å². The maximum Gasteiger partial charge on any atom is 0.336 e. The molecule has 5 nitrogen and oxygen atoms in total. The van der Waals surface area contributed by atoms with E-state index in [9.17, 15) is 9.90 Å². The molecule has 0 unspecified atom stereocenters. The summed E-state index contributed by atoms with van der Waals surface area (Å²) < 4.78 is 2.02. The molecule has 23 heavy (non-hydrogen) atoms. The van der Waals surface area contributed by atoms with Gasteiger partial charge in [0.25, 0.3) is 0 Å². The summed E-state index contributed by atoms with van der Waals surface area (Å²) in [7, 11) is 0. The van der Waals surface area contributed by atoms with E-state index >= 15 is 0 Å². The number of aromatic nitrogens is 3. The summed E-state index contributed by atoms with van der Waals surface area (Å²) in [4.78, 5) is 15.5. The van der Waals surface area contributed by atoms with E-state index in [4.69, 9.17) is 5.10 Å². The monoisotopic (exact) mass is 309 g/mol. The number of fused-ring (bicyclic) bond motifs is 1. The number of para-hydroxylation sites is 1. The van der Waals surface area contributed by atoms with Gasteiger partial charge in [0.15, 0.2) is 0 Å². The number of hydrogen-bond acceptors (Lipinski definition) is 3. The van der Waals surface area contributed by atoms with Crippen molar-refractivity contribution in [2.75, 3.05) is 0 Å². The fraction of sp³-hybridized carbons (Fsp3) is 0.278. The highest BCUT2D eigenvalue weighted by Gasteiger charge is 2.16. The second kappa shape index (κ2) is 6.20. The lowest BCUT2D eigenvalue weighted by molar-refractivity contribution is 0.0695. The molecule has 1 N–H and O–H groups in total. The Morgan fingerprint density at radius 2 is 2.13 bits per heavy atom. The van der Waals surface area contributed by atoms with Crippen LogP contribution < -0.4 is 0 Å². The highest BCUT2D eigenvalue weighted by Crippen LogP contribution is 2.25. The van der Waals surface area contributed by atoms with Crippen molar-refractivity contribution in [1.82, 2.24) is 14.8 Å². The Balaban J connectivity index is 2.11. The fourth-order valence-corrected chi connectivity index (χ4v) is 2.95. The van der Waals surface area contributed by atoms with E-state index in [0.29, 0.717) is 12.0 Å². The van der Waals surface area contributed by atoms with Crippen LogP contribution in [0.3, 0.4) is 0 Å². The first-order valence-corrected chi connectivity index (χ1v) is 7.73. The summed E-state index contributed by atoms with van der Waals surface area (Å²) >= 11 is 0. The molecule has 3 aromatic rings. The van der Waals surface area contributed by atoms with Gasteiger partial charge in [-0.2, -0.15) is 5.10 Å². The molecule has 0 aliphatic heterocycles. The fourth-order valence-electron chi connectivity index (χ4n) is 2.95. The molecular weight excluding hydrogens is 290 g/mol. The molecule has 0 atom stereocenters. The molecule has 2 heterocycles. The molecule has 2 aromatic heterocycles. The number of pyridine rings is 1. The predicted octanol–water partition coefficient (Wildman–Crippen LogP) is 3.44. The number of carbonyl (C=O) groups is 1. The molecule has 0 saturated heterocycles. The van der Waals surface area contributed by atoms with Crippen LogP contribution >= 0.6 is 0 Å². The molecule has 0 bridgehead atoms. The average Bonchev–Trinajstić information content (AvgIpc) is 2.87. The Morgan fingerprint density at radius 3 is 2.87 bits per heavy atom. The van der Waals surface area contributed by atoms with Crippen LogP contribution in [-0.4, -0.2) is 25.8 Å². The third kappa shape index (κ3) is 2.82. The molecule has 0 aliphatic carbocycles. The van der Waals surface area contributed by atoms with Gasteiger partial charge in [-0.15, -0.1) is 0 Å². The molecule has 118 valence electrons. The highest BCUT2D eigenvalue weighted by atomic mass is 16.4. The van der Waals surface area contributed by atoms with Crippen LogP contribution in [0.2, 0.25) is 0 Å². The highest BCUT2D eigenvalue weighted by molar-refractivity contribution is 5.90. The standard InChI is InChI=1S/C18H19N3O2/c1-3-9-21-17-12(2)5-4-6-15(17)16(20-21)10-13-11-19-8-7-14(13)18(22)23/h4-8,11H,3,9-10H2,1-2H3,(H,22,23). The number of carboxylic acids is 1. The van der Waals surface area contributed by atoms with Gasteiger partial charge in [0.2, 0.25) is 0 Å². The minimum atomic E-state index is -0.934. The van der Waals surface area contributed by atoms with Gasteiger partial charge in [-0.05, 0) is 30.5 Å². The Bertz CT molecular complexity index is 868. The van der Waals surface area contributed by atoms with Crippen molar-refractivity contribution in [3.05, 3.63) is 59.0 Å². The first kappa shape index (κ1) is 15.2. The van der Waals surface area contributed by atoms with E-state index in [1.807, 2.05) is 16.8 Å². The summed E-state index contributed by atoms with van der Waals surface area (Å²) in [6.07, 6.45) is 4.58. The first-order valence-electron chi connectivity index (χ1n) is 7.73. The molecule has 0 saturated carbocycles. The Hall–Kier alpha value is -2.69. The summed E-state index contributed by atoms with van der Waals surface area (Å²) in [5.41, 5.74) is 4.17. The second-order valence-corrected chi connectivity index (χ2v) is 5.66. The molecule has 0 radical (unpaired) electrons. The Morgan fingerprint density at radius 1 is 1.30 bits per heavy atom. The van der Waals surface area contributed by atoms with Gasteiger partial charge in [0.05, 0.1) is 16.8 Å². The lowest BCUT2D eigenvalue weighted by Gasteiger charge is -2.03. The molecule has 5 heteroatoms. The number of hydrogen-bond donors (Lipinski definition) is 1. The van der Waals surface area contributed by atoms with Crippen LogP contribution in [0.4, 0.5) is 0 Å². The van der Waals surface area contributed by atoms with Crippen molar-refractivity contribution in [3.8, 4) is 0 Å². The summed E-state index contributed by atoms with van der Waals surface area (Å²) in [6, 6.07) is 7.68. The van der Waals surface area contributed by atoms with Gasteiger partial charge in [-0.3, -0.25) is 9.67 Å². The SMILES string of the molecule is CCCn1nc(Cc2cnccc2C(=O)O)c2cccc(C)c21. The third-order valence-corrected chi connectivity index (χ3v) is 3.98. The topological polar surface area (TPSA) is 68.0 Å². The van der Waals surface area contributed by atoms with Crippen molar-refractivity contribution < 1.29 is 9.90 Å². The van der Waals surface area contributed by atoms with Crippen LogP contribution in [-0.2, 0) is 13.0 Å². The Labute approximate surface area is 134 Å². The normalized spacial score (nSPS) is 11.0. The summed E-state index contributed by atoms with van der Waals surface area (Å²) in [6.45, 7) is 5.04. The maximum atomic E-state index is 11.4. The van der Waals surface area contributed by atoms with E-state index < -0.39 is 5.97 Å². The minimum Gasteiger partial charge on any atom is -0.478 e. The number of nitrogens with zero attached hydrogens (tertiary/aromatic N) is 3. The van der Waals surface area contributed by atoms with E-state index in [1.165, 1.54) is 17.8 Å². The van der Waals surface area contributed by atoms with Gasteiger partial charge >= 0.3 is 5.97 Å². The molecule has 0 spiro atoms. The van der Waals surface area contributed by atoms with Crippen molar-refractivity contribution in [2.45, 2.75) is 33.2 Å². The summed E-state index contributed by atoms with van der Waals surface area (Å²) in [5, 5.41) is 15.2. The molecule has 0 amide bonds. The van der Waals surface area contributed by atoms with Gasteiger partial charge in [0, 0.05) is 30.7 Å². The van der Waals surface area contributed by atoms with Gasteiger partial charge < -0.3 is 5.11 Å². The number of rotatable bonds is 5. The lowest BCUT2D eigenvalue weighted by Crippen LogP contribution is -2.05. The molecule has 3 rings (SSSR count). The largest absolute Gasteiger partial charge is 0.478 e. The van der Waals surface area contributed by atoms with Crippen molar-refractivity contribution >= 4 is 16.9 Å². The number of aryl methyl sites for hydroxylation is 2. The smallest absolute Gasteiger partial charge is 0.336 e. The Kier molecular flexibility index (Phi) is 4.10. The number of benzene rings is 1. The average molecular weight is 309 g/mol. The van der Waals surface area contributed by atoms with Crippen molar-refractivity contribution in [2.24, 2.45) is 0 Å². The zero-order chi connectivity index (χ0) is 16.4. The van der Waals surface area contributed by atoms with Crippen LogP contribution in [0.1, 0.15) is 40.5 Å². The van der Waals surface area contributed by atoms with Gasteiger partial charge in [-0.1, -0.05) is 25.1 Å². The second-order valence-electron chi connectivity index (χ2n) is 5.66. The number of aromatic carboxylic acids is 1. The van der Waals surface area contributed by atoms with Crippen LogP contribution in [0.15, 0.2) is 36.7 Å². The molecule has 0 fully saturated rings. The van der Waals surface area contributed by atoms with Crippen molar-refractivity contribution in [1.29, 1.82) is 0 Å². The zero-order valence-corrected chi connectivity index (χ0v) is 13.3. The zero-order valence-electron chi connectivity index (χ0n) is 13.3. The summed E-state index contributed by atoms with van der Waals surface area (Å²) in [5.74, 6) is -0.934. The van der Waals surface area contributed by atoms with Gasteiger partial charge in [-0.25, -0.2) is 4.79 Å². The van der Waals surface area contributed by atoms with Crippen LogP contribution in [0, 0.1) is 6.92 Å². The van der Waals surface area contributed by atoms with Gasteiger partial charge in [0.1, 0.15) is 0 Å². The first-order chi connectivity index (χ1) is 11.1. The maximum absolute atomic E-state index is 11.4. The molecule has 1 aromatic carbocycles. The minimum absolute atomic E-state index is 0.283. The van der Waals surface area contributed by atoms with E-state index in [2.05, 4.69) is 24.9 Å². The van der Waals surface area contributed by atoms with Crippen LogP contribution in [0.5, 0.6) is 0 Å². The predicted molar refractivity (Wildman–Crippen MR) is 88.8 cm³/mol. The van der Waals surface area contributed by atoms with E-state index in [1.54, 1.807) is 6.20 Å². The van der Waals surface area contributed by atoms with E-state index in [-0.39, 0.29) is 5.56 Å². The van der Waals surface area contributed by atoms with E-state index in [0.717, 1.165) is 29.6 Å².